The Morgan fingerprint density at radius 1 is 0.708 bits per heavy atom. The number of halogens is 12. The second-order valence-corrected chi connectivity index (χ2v) is 10.9. The number of alkyl halides is 4. The molecule has 0 heterocycles. The van der Waals surface area contributed by atoms with Crippen LogP contribution in [0.1, 0.15) is 68.1 Å². The molecule has 0 amide bonds. The largest absolute Gasteiger partial charge is 0.432 e. The maximum atomic E-state index is 15.0. The molecule has 1 fully saturated rings. The van der Waals surface area contributed by atoms with Crippen molar-refractivity contribution in [2.75, 3.05) is 0 Å². The van der Waals surface area contributed by atoms with Crippen LogP contribution < -0.4 is 14.2 Å². The fourth-order valence-corrected chi connectivity index (χ4v) is 5.32. The molecule has 0 radical (unpaired) electrons. The van der Waals surface area contributed by atoms with Gasteiger partial charge in [0.1, 0.15) is 34.5 Å². The number of hydrogen-bond donors (Lipinski definition) is 0. The summed E-state index contributed by atoms with van der Waals surface area (Å²) >= 11 is 0. The van der Waals surface area contributed by atoms with E-state index in [4.69, 9.17) is 0 Å². The van der Waals surface area contributed by atoms with Crippen molar-refractivity contribution >= 4 is 0 Å². The van der Waals surface area contributed by atoms with Crippen molar-refractivity contribution < 1.29 is 66.9 Å². The van der Waals surface area contributed by atoms with E-state index in [1.807, 2.05) is 6.92 Å². The number of allylic oxidation sites excluding steroid dienone is 2. The van der Waals surface area contributed by atoms with Crippen LogP contribution in [-0.4, -0.2) is 0 Å². The summed E-state index contributed by atoms with van der Waals surface area (Å²) in [7, 11) is 0. The standard InChI is InChI=1S/C33H26F12O3/c1-2-3-4-5-17-6-8-18(9-7-17)19-10-11-22(23(34)12-19)32(42,43)47-20-13-24(35)28(25(36)14-20)33(44,45)48-21-15-26(37)29(27(38)16-21)46-31(41)30(39)40/h3-4,10-18H,2,5-9H2,1H3/b4-3-. The molecule has 0 saturated heterocycles. The van der Waals surface area contributed by atoms with Gasteiger partial charge in [-0.1, -0.05) is 25.1 Å². The Hall–Kier alpha value is -4.30. The van der Waals surface area contributed by atoms with Gasteiger partial charge in [-0.25, -0.2) is 22.0 Å². The van der Waals surface area contributed by atoms with Crippen LogP contribution in [0.15, 0.2) is 66.7 Å². The van der Waals surface area contributed by atoms with Crippen molar-refractivity contribution in [2.24, 2.45) is 5.92 Å². The molecule has 1 aliphatic rings. The highest BCUT2D eigenvalue weighted by atomic mass is 19.3. The lowest BCUT2D eigenvalue weighted by molar-refractivity contribution is -0.191. The number of rotatable bonds is 12. The first kappa shape index (κ1) is 36.5. The van der Waals surface area contributed by atoms with Crippen LogP contribution in [0.5, 0.6) is 17.2 Å². The molecule has 260 valence electrons. The van der Waals surface area contributed by atoms with Gasteiger partial charge in [0.2, 0.25) is 5.75 Å². The third kappa shape index (κ3) is 8.58. The van der Waals surface area contributed by atoms with Crippen molar-refractivity contribution in [3.05, 3.63) is 112 Å². The molecular weight excluding hydrogens is 672 g/mol. The topological polar surface area (TPSA) is 27.7 Å². The SMILES string of the molecule is CC/C=C\CC1CCC(c2ccc(C(F)(F)Oc3cc(F)c(C(F)(F)Oc4cc(F)c(OC(F)=C(F)F)c(F)c4)c(F)c3)c(F)c2)CC1. The molecule has 0 atom stereocenters. The van der Waals surface area contributed by atoms with E-state index >= 15 is 0 Å². The molecule has 4 rings (SSSR count). The molecule has 3 nitrogen and oxygen atoms in total. The minimum atomic E-state index is -5.07. The predicted octanol–water partition coefficient (Wildman–Crippen LogP) is 11.7. The van der Waals surface area contributed by atoms with Gasteiger partial charge in [-0.3, -0.25) is 0 Å². The molecule has 1 aliphatic carbocycles. The smallest absolute Gasteiger partial charge is 0.429 e. The van der Waals surface area contributed by atoms with Crippen LogP contribution in [-0.2, 0) is 12.2 Å². The summed E-state index contributed by atoms with van der Waals surface area (Å²) in [6.45, 7) is 2.03. The van der Waals surface area contributed by atoms with Gasteiger partial charge in [0.05, 0.1) is 5.56 Å². The summed E-state index contributed by atoms with van der Waals surface area (Å²) in [5.41, 5.74) is -3.01. The lowest BCUT2D eigenvalue weighted by Crippen LogP contribution is -2.27. The molecule has 0 aliphatic heterocycles. The zero-order valence-electron chi connectivity index (χ0n) is 24.9. The zero-order valence-corrected chi connectivity index (χ0v) is 24.9. The number of hydrogen-bond acceptors (Lipinski definition) is 3. The lowest BCUT2D eigenvalue weighted by Gasteiger charge is -2.28. The average molecular weight is 699 g/mol. The monoisotopic (exact) mass is 698 g/mol. The third-order valence-electron chi connectivity index (χ3n) is 7.61. The molecule has 0 unspecified atom stereocenters. The van der Waals surface area contributed by atoms with E-state index in [0.29, 0.717) is 11.5 Å². The van der Waals surface area contributed by atoms with Crippen LogP contribution >= 0.6 is 0 Å². The van der Waals surface area contributed by atoms with E-state index in [-0.39, 0.29) is 30.2 Å². The number of benzene rings is 3. The first-order chi connectivity index (χ1) is 22.5. The fourth-order valence-electron chi connectivity index (χ4n) is 5.32. The summed E-state index contributed by atoms with van der Waals surface area (Å²) in [5, 5.41) is 0. The van der Waals surface area contributed by atoms with Gasteiger partial charge in [-0.05, 0) is 68.1 Å². The molecule has 0 N–H and O–H groups in total. The summed E-state index contributed by atoms with van der Waals surface area (Å²) in [6.07, 6.45) is -3.48. The van der Waals surface area contributed by atoms with Crippen molar-refractivity contribution in [1.82, 2.24) is 0 Å². The van der Waals surface area contributed by atoms with Gasteiger partial charge in [0.25, 0.3) is 0 Å². The van der Waals surface area contributed by atoms with Crippen molar-refractivity contribution in [3.8, 4) is 17.2 Å². The second kappa shape index (κ2) is 14.9. The van der Waals surface area contributed by atoms with Crippen LogP contribution in [0, 0.1) is 35.0 Å². The first-order valence-corrected chi connectivity index (χ1v) is 14.5. The molecule has 0 aromatic heterocycles. The Labute approximate surface area is 266 Å². The predicted molar refractivity (Wildman–Crippen MR) is 148 cm³/mol. The van der Waals surface area contributed by atoms with Gasteiger partial charge in [-0.2, -0.15) is 30.7 Å². The highest BCUT2D eigenvalue weighted by Crippen LogP contribution is 2.42. The molecule has 1 saturated carbocycles. The Kier molecular flexibility index (Phi) is 11.3. The number of ether oxygens (including phenoxy) is 3. The minimum Gasteiger partial charge on any atom is -0.429 e. The van der Waals surface area contributed by atoms with Crippen molar-refractivity contribution in [2.45, 2.75) is 63.6 Å². The maximum Gasteiger partial charge on any atom is 0.432 e. The summed E-state index contributed by atoms with van der Waals surface area (Å²) in [4.78, 5) is 0. The van der Waals surface area contributed by atoms with Crippen LogP contribution in [0.2, 0.25) is 0 Å². The summed E-state index contributed by atoms with van der Waals surface area (Å²) < 4.78 is 181. The molecule has 15 heteroatoms. The normalized spacial score (nSPS) is 17.0. The minimum absolute atomic E-state index is 0.0699. The fraction of sp³-hybridized carbons (Fsp3) is 0.333. The Balaban J connectivity index is 1.48. The van der Waals surface area contributed by atoms with Crippen LogP contribution in [0.4, 0.5) is 52.7 Å². The van der Waals surface area contributed by atoms with Crippen molar-refractivity contribution in [1.29, 1.82) is 0 Å². The van der Waals surface area contributed by atoms with E-state index in [1.54, 1.807) is 0 Å². The summed E-state index contributed by atoms with van der Waals surface area (Å²) in [6, 6.07) is -0.0824. The van der Waals surface area contributed by atoms with Crippen LogP contribution in [0.3, 0.4) is 0 Å². The van der Waals surface area contributed by atoms with Gasteiger partial charge in [-0.15, -0.1) is 0 Å². The first-order valence-electron chi connectivity index (χ1n) is 14.5. The third-order valence-corrected chi connectivity index (χ3v) is 7.61. The highest BCUT2D eigenvalue weighted by Gasteiger charge is 2.43. The Morgan fingerprint density at radius 2 is 1.25 bits per heavy atom. The van der Waals surface area contributed by atoms with Crippen LogP contribution in [0.25, 0.3) is 0 Å². The van der Waals surface area contributed by atoms with Gasteiger partial charge in [0.15, 0.2) is 11.6 Å². The Morgan fingerprint density at radius 3 is 1.77 bits per heavy atom. The van der Waals surface area contributed by atoms with Gasteiger partial charge >= 0.3 is 24.3 Å². The van der Waals surface area contributed by atoms with E-state index in [2.05, 4.69) is 26.4 Å². The van der Waals surface area contributed by atoms with E-state index in [0.717, 1.165) is 50.7 Å². The van der Waals surface area contributed by atoms with E-state index in [9.17, 15) is 52.7 Å². The molecule has 0 bridgehead atoms. The molecule has 48 heavy (non-hydrogen) atoms. The molecule has 0 spiro atoms. The molecular formula is C33H26F12O3. The average Bonchev–Trinajstić information content (AvgIpc) is 2.98. The molecule has 3 aromatic carbocycles. The quantitative estimate of drug-likeness (QED) is 0.107. The lowest BCUT2D eigenvalue weighted by atomic mass is 9.77. The van der Waals surface area contributed by atoms with E-state index < -0.39 is 81.8 Å². The van der Waals surface area contributed by atoms with Gasteiger partial charge < -0.3 is 14.2 Å². The van der Waals surface area contributed by atoms with E-state index in [1.165, 1.54) is 6.07 Å². The summed E-state index contributed by atoms with van der Waals surface area (Å²) in [5.74, 6) is -14.0. The maximum absolute atomic E-state index is 15.0. The zero-order chi connectivity index (χ0) is 35.4. The highest BCUT2D eigenvalue weighted by molar-refractivity contribution is 5.38. The van der Waals surface area contributed by atoms with Gasteiger partial charge in [0, 0.05) is 24.3 Å². The second-order valence-electron chi connectivity index (χ2n) is 10.9. The molecule has 3 aromatic rings. The Bertz CT molecular complexity index is 1630. The van der Waals surface area contributed by atoms with Crippen molar-refractivity contribution in [3.63, 3.8) is 0 Å².